The third-order valence-corrected chi connectivity index (χ3v) is 2.92. The summed E-state index contributed by atoms with van der Waals surface area (Å²) in [5.74, 6) is 0. The number of benzene rings is 1. The highest BCUT2D eigenvalue weighted by Crippen LogP contribution is 2.22. The van der Waals surface area contributed by atoms with E-state index in [4.69, 9.17) is 11.6 Å². The van der Waals surface area contributed by atoms with Gasteiger partial charge in [0.05, 0.1) is 0 Å². The molecule has 0 heterocycles. The van der Waals surface area contributed by atoms with E-state index in [1.54, 1.807) is 6.07 Å². The molecule has 1 atom stereocenters. The van der Waals surface area contributed by atoms with E-state index < -0.39 is 0 Å². The molecule has 0 saturated carbocycles. The van der Waals surface area contributed by atoms with Crippen LogP contribution in [-0.4, -0.2) is 12.1 Å². The fraction of sp³-hybridized carbons (Fsp3) is 0.417. The first kappa shape index (κ1) is 12.8. The second-order valence-electron chi connectivity index (χ2n) is 3.82. The number of halogens is 1. The Labute approximate surface area is 101 Å². The molecule has 16 heavy (non-hydrogen) atoms. The summed E-state index contributed by atoms with van der Waals surface area (Å²) in [5.41, 5.74) is 1.62. The van der Waals surface area contributed by atoms with E-state index in [0.29, 0.717) is 5.02 Å². The van der Waals surface area contributed by atoms with Crippen LogP contribution in [0.4, 0.5) is 10.5 Å². The topological polar surface area (TPSA) is 41.1 Å². The molecule has 0 unspecified atom stereocenters. The lowest BCUT2D eigenvalue weighted by Gasteiger charge is -2.14. The van der Waals surface area contributed by atoms with Crippen LogP contribution in [0.1, 0.15) is 25.8 Å². The largest absolute Gasteiger partial charge is 0.335 e. The minimum atomic E-state index is -0.195. The fourth-order valence-corrected chi connectivity index (χ4v) is 1.40. The molecule has 0 saturated heterocycles. The number of carbonyl (C=O) groups excluding carboxylic acids is 1. The minimum absolute atomic E-state index is 0.166. The summed E-state index contributed by atoms with van der Waals surface area (Å²) >= 11 is 5.96. The second kappa shape index (κ2) is 5.75. The quantitative estimate of drug-likeness (QED) is 0.833. The molecule has 2 amide bonds. The van der Waals surface area contributed by atoms with Gasteiger partial charge in [-0.2, -0.15) is 0 Å². The summed E-state index contributed by atoms with van der Waals surface area (Å²) in [4.78, 5) is 11.6. The van der Waals surface area contributed by atoms with Gasteiger partial charge in [0, 0.05) is 16.8 Å². The Bertz CT molecular complexity index is 379. The van der Waals surface area contributed by atoms with Gasteiger partial charge < -0.3 is 10.6 Å². The van der Waals surface area contributed by atoms with Crippen molar-refractivity contribution in [2.75, 3.05) is 5.32 Å². The van der Waals surface area contributed by atoms with Crippen LogP contribution in [0, 0.1) is 6.92 Å². The second-order valence-corrected chi connectivity index (χ2v) is 4.23. The summed E-state index contributed by atoms with van der Waals surface area (Å²) in [6.07, 6.45) is 0.905. The number of amides is 2. The van der Waals surface area contributed by atoms with Crippen molar-refractivity contribution in [2.45, 2.75) is 33.2 Å². The lowest BCUT2D eigenvalue weighted by molar-refractivity contribution is 0.249. The highest BCUT2D eigenvalue weighted by atomic mass is 35.5. The normalized spacial score (nSPS) is 12.0. The Morgan fingerprint density at radius 2 is 2.19 bits per heavy atom. The lowest BCUT2D eigenvalue weighted by Crippen LogP contribution is -2.35. The first-order valence-corrected chi connectivity index (χ1v) is 5.75. The maximum Gasteiger partial charge on any atom is 0.319 e. The Balaban J connectivity index is 2.66. The molecule has 0 radical (unpaired) electrons. The zero-order chi connectivity index (χ0) is 12.1. The van der Waals surface area contributed by atoms with E-state index in [1.165, 1.54) is 0 Å². The number of hydrogen-bond acceptors (Lipinski definition) is 1. The maximum absolute atomic E-state index is 11.6. The van der Waals surface area contributed by atoms with Crippen LogP contribution < -0.4 is 10.6 Å². The number of nitrogens with one attached hydrogen (secondary N) is 2. The molecule has 1 rings (SSSR count). The van der Waals surface area contributed by atoms with E-state index in [-0.39, 0.29) is 12.1 Å². The molecule has 2 N–H and O–H groups in total. The van der Waals surface area contributed by atoms with Crippen LogP contribution in [0.25, 0.3) is 0 Å². The molecule has 88 valence electrons. The molecule has 0 aromatic heterocycles. The zero-order valence-electron chi connectivity index (χ0n) is 9.80. The van der Waals surface area contributed by atoms with Crippen LogP contribution in [-0.2, 0) is 0 Å². The summed E-state index contributed by atoms with van der Waals surface area (Å²) in [6.45, 7) is 5.86. The van der Waals surface area contributed by atoms with Gasteiger partial charge in [-0.25, -0.2) is 4.79 Å². The summed E-state index contributed by atoms with van der Waals surface area (Å²) < 4.78 is 0. The SMILES string of the molecule is CC[C@H](C)NC(=O)Nc1cccc(Cl)c1C. The van der Waals surface area contributed by atoms with Gasteiger partial charge in [0.1, 0.15) is 0 Å². The molecule has 0 spiro atoms. The van der Waals surface area contributed by atoms with Gasteiger partial charge >= 0.3 is 6.03 Å². The van der Waals surface area contributed by atoms with Gasteiger partial charge in [-0.05, 0) is 38.0 Å². The molecule has 0 aliphatic rings. The van der Waals surface area contributed by atoms with E-state index in [1.807, 2.05) is 32.9 Å². The molecular weight excluding hydrogens is 224 g/mol. The molecule has 1 aromatic rings. The van der Waals surface area contributed by atoms with Gasteiger partial charge in [0.2, 0.25) is 0 Å². The average Bonchev–Trinajstić information content (AvgIpc) is 2.24. The van der Waals surface area contributed by atoms with E-state index in [2.05, 4.69) is 10.6 Å². The number of rotatable bonds is 3. The molecule has 1 aromatic carbocycles. The van der Waals surface area contributed by atoms with Gasteiger partial charge in [0.25, 0.3) is 0 Å². The highest BCUT2D eigenvalue weighted by Gasteiger charge is 2.08. The molecule has 4 heteroatoms. The third-order valence-electron chi connectivity index (χ3n) is 2.51. The van der Waals surface area contributed by atoms with E-state index in [9.17, 15) is 4.79 Å². The van der Waals surface area contributed by atoms with Crippen molar-refractivity contribution in [1.29, 1.82) is 0 Å². The van der Waals surface area contributed by atoms with Gasteiger partial charge in [0.15, 0.2) is 0 Å². The van der Waals surface area contributed by atoms with Crippen LogP contribution in [0.5, 0.6) is 0 Å². The molecule has 3 nitrogen and oxygen atoms in total. The lowest BCUT2D eigenvalue weighted by atomic mass is 10.2. The molecule has 0 bridgehead atoms. The summed E-state index contributed by atoms with van der Waals surface area (Å²) in [6, 6.07) is 5.42. The van der Waals surface area contributed by atoms with Crippen molar-refractivity contribution in [3.05, 3.63) is 28.8 Å². The minimum Gasteiger partial charge on any atom is -0.335 e. The Hall–Kier alpha value is -1.22. The zero-order valence-corrected chi connectivity index (χ0v) is 10.6. The third kappa shape index (κ3) is 3.42. The van der Waals surface area contributed by atoms with Crippen molar-refractivity contribution in [3.63, 3.8) is 0 Å². The number of hydrogen-bond donors (Lipinski definition) is 2. The van der Waals surface area contributed by atoms with Crippen molar-refractivity contribution < 1.29 is 4.79 Å². The van der Waals surface area contributed by atoms with Gasteiger partial charge in [-0.3, -0.25) is 0 Å². The number of carbonyl (C=O) groups is 1. The predicted molar refractivity (Wildman–Crippen MR) is 68.1 cm³/mol. The van der Waals surface area contributed by atoms with Gasteiger partial charge in [-0.15, -0.1) is 0 Å². The van der Waals surface area contributed by atoms with E-state index in [0.717, 1.165) is 17.7 Å². The summed E-state index contributed by atoms with van der Waals surface area (Å²) in [5, 5.41) is 6.27. The first-order chi connectivity index (χ1) is 7.54. The maximum atomic E-state index is 11.6. The average molecular weight is 241 g/mol. The van der Waals surface area contributed by atoms with Crippen LogP contribution in [0.15, 0.2) is 18.2 Å². The fourth-order valence-electron chi connectivity index (χ4n) is 1.23. The van der Waals surface area contributed by atoms with Crippen molar-refractivity contribution in [1.82, 2.24) is 5.32 Å². The highest BCUT2D eigenvalue weighted by molar-refractivity contribution is 6.31. The van der Waals surface area contributed by atoms with Gasteiger partial charge in [-0.1, -0.05) is 24.6 Å². The summed E-state index contributed by atoms with van der Waals surface area (Å²) in [7, 11) is 0. The monoisotopic (exact) mass is 240 g/mol. The molecule has 0 aliphatic carbocycles. The standard InChI is InChI=1S/C12H17ClN2O/c1-4-8(2)14-12(16)15-11-7-5-6-10(13)9(11)3/h5-8H,4H2,1-3H3,(H2,14,15,16)/t8-/m0/s1. The number of urea groups is 1. The van der Waals surface area contributed by atoms with E-state index >= 15 is 0 Å². The van der Waals surface area contributed by atoms with Crippen molar-refractivity contribution in [3.8, 4) is 0 Å². The van der Waals surface area contributed by atoms with Crippen LogP contribution in [0.2, 0.25) is 5.02 Å². The molecular formula is C12H17ClN2O. The molecule has 0 fully saturated rings. The van der Waals surface area contributed by atoms with Crippen molar-refractivity contribution >= 4 is 23.3 Å². The Morgan fingerprint density at radius 1 is 1.50 bits per heavy atom. The van der Waals surface area contributed by atoms with Crippen LogP contribution >= 0.6 is 11.6 Å². The number of anilines is 1. The van der Waals surface area contributed by atoms with Crippen molar-refractivity contribution in [2.24, 2.45) is 0 Å². The van der Waals surface area contributed by atoms with Crippen LogP contribution in [0.3, 0.4) is 0 Å². The molecule has 0 aliphatic heterocycles. The Kier molecular flexibility index (Phi) is 4.62. The first-order valence-electron chi connectivity index (χ1n) is 5.37. The predicted octanol–water partition coefficient (Wildman–Crippen LogP) is 3.57. The smallest absolute Gasteiger partial charge is 0.319 e. The Morgan fingerprint density at radius 3 is 2.81 bits per heavy atom.